The fraction of sp³-hybridized carbons (Fsp3) is 0.217. The number of nitrogens with one attached hydrogen (secondary N) is 1. The number of benzene rings is 3. The Morgan fingerprint density at radius 2 is 1.56 bits per heavy atom. The Labute approximate surface area is 165 Å². The molecular formula is C23H24FNOS. The van der Waals surface area contributed by atoms with E-state index >= 15 is 0 Å². The van der Waals surface area contributed by atoms with E-state index in [1.165, 1.54) is 17.6 Å². The standard InChI is InChI=1S/C23H24FNOS/c1-25-21-12-9-19(10-13-21)22-14-11-20(16-23(22)24)18-7-5-17(6-8-18)4-3-15-26-27-2/h5-14,16,25H,3-4,15H2,1-2H3. The minimum absolute atomic E-state index is 0.206. The lowest BCUT2D eigenvalue weighted by Gasteiger charge is -2.09. The molecule has 0 radical (unpaired) electrons. The minimum Gasteiger partial charge on any atom is -0.388 e. The normalized spacial score (nSPS) is 10.8. The van der Waals surface area contributed by atoms with Crippen LogP contribution in [0, 0.1) is 5.82 Å². The van der Waals surface area contributed by atoms with Crippen molar-refractivity contribution >= 4 is 17.7 Å². The summed E-state index contributed by atoms with van der Waals surface area (Å²) in [5.74, 6) is -0.206. The number of hydrogen-bond donors (Lipinski definition) is 1. The van der Waals surface area contributed by atoms with Gasteiger partial charge in [-0.05, 0) is 65.3 Å². The van der Waals surface area contributed by atoms with Crippen LogP contribution in [0.4, 0.5) is 10.1 Å². The van der Waals surface area contributed by atoms with Crippen molar-refractivity contribution in [2.24, 2.45) is 0 Å². The highest BCUT2D eigenvalue weighted by Gasteiger charge is 2.08. The lowest BCUT2D eigenvalue weighted by Crippen LogP contribution is -1.92. The smallest absolute Gasteiger partial charge is 0.131 e. The van der Waals surface area contributed by atoms with Gasteiger partial charge < -0.3 is 9.50 Å². The van der Waals surface area contributed by atoms with Gasteiger partial charge in [0, 0.05) is 24.6 Å². The summed E-state index contributed by atoms with van der Waals surface area (Å²) in [6.45, 7) is 0.755. The second kappa shape index (κ2) is 9.58. The lowest BCUT2D eigenvalue weighted by molar-refractivity contribution is 0.366. The Morgan fingerprint density at radius 1 is 0.889 bits per heavy atom. The minimum atomic E-state index is -0.206. The van der Waals surface area contributed by atoms with E-state index in [1.54, 1.807) is 6.07 Å². The van der Waals surface area contributed by atoms with Gasteiger partial charge in [0.2, 0.25) is 0 Å². The van der Waals surface area contributed by atoms with E-state index in [9.17, 15) is 4.39 Å². The summed E-state index contributed by atoms with van der Waals surface area (Å²) < 4.78 is 20.0. The highest BCUT2D eigenvalue weighted by atomic mass is 32.2. The first-order valence-corrected chi connectivity index (χ1v) is 10.2. The van der Waals surface area contributed by atoms with Crippen LogP contribution in [0.2, 0.25) is 0 Å². The topological polar surface area (TPSA) is 21.3 Å². The third-order valence-electron chi connectivity index (χ3n) is 4.55. The first kappa shape index (κ1) is 19.5. The van der Waals surface area contributed by atoms with Crippen LogP contribution in [0.3, 0.4) is 0 Å². The molecule has 0 heterocycles. The number of rotatable bonds is 8. The Hall–Kier alpha value is -2.30. The molecule has 0 aliphatic heterocycles. The van der Waals surface area contributed by atoms with Crippen LogP contribution in [0.1, 0.15) is 12.0 Å². The number of aryl methyl sites for hydroxylation is 1. The number of hydrogen-bond acceptors (Lipinski definition) is 3. The average Bonchev–Trinajstić information content (AvgIpc) is 2.72. The van der Waals surface area contributed by atoms with Crippen molar-refractivity contribution in [3.63, 3.8) is 0 Å². The summed E-state index contributed by atoms with van der Waals surface area (Å²) in [6, 6.07) is 21.5. The van der Waals surface area contributed by atoms with Gasteiger partial charge in [0.05, 0.1) is 6.61 Å². The van der Waals surface area contributed by atoms with Gasteiger partial charge in [-0.15, -0.1) is 0 Å². The molecule has 0 atom stereocenters. The van der Waals surface area contributed by atoms with Crippen LogP contribution in [-0.4, -0.2) is 19.9 Å². The van der Waals surface area contributed by atoms with Crippen LogP contribution in [-0.2, 0) is 10.6 Å². The van der Waals surface area contributed by atoms with Crippen molar-refractivity contribution in [1.82, 2.24) is 0 Å². The van der Waals surface area contributed by atoms with Gasteiger partial charge in [-0.2, -0.15) is 0 Å². The maximum atomic E-state index is 14.7. The molecule has 3 aromatic rings. The maximum absolute atomic E-state index is 14.7. The summed E-state index contributed by atoms with van der Waals surface area (Å²) >= 11 is 1.40. The molecule has 2 nitrogen and oxygen atoms in total. The first-order valence-electron chi connectivity index (χ1n) is 9.04. The maximum Gasteiger partial charge on any atom is 0.131 e. The van der Waals surface area contributed by atoms with E-state index in [-0.39, 0.29) is 5.82 Å². The van der Waals surface area contributed by atoms with Crippen molar-refractivity contribution < 1.29 is 8.57 Å². The second-order valence-electron chi connectivity index (χ2n) is 6.31. The zero-order chi connectivity index (χ0) is 19.1. The summed E-state index contributed by atoms with van der Waals surface area (Å²) in [6.07, 6.45) is 3.91. The molecule has 0 saturated heterocycles. The van der Waals surface area contributed by atoms with Crippen molar-refractivity contribution in [1.29, 1.82) is 0 Å². The third kappa shape index (κ3) is 5.12. The predicted octanol–water partition coefficient (Wildman–Crippen LogP) is 6.43. The van der Waals surface area contributed by atoms with Crippen molar-refractivity contribution in [3.8, 4) is 22.3 Å². The first-order chi connectivity index (χ1) is 13.2. The predicted molar refractivity (Wildman–Crippen MR) is 115 cm³/mol. The second-order valence-corrected chi connectivity index (χ2v) is 6.88. The molecule has 4 heteroatoms. The number of halogens is 1. The van der Waals surface area contributed by atoms with E-state index in [0.717, 1.165) is 41.8 Å². The Bertz CT molecular complexity index is 863. The molecule has 0 unspecified atom stereocenters. The van der Waals surface area contributed by atoms with Crippen LogP contribution in [0.15, 0.2) is 66.7 Å². The van der Waals surface area contributed by atoms with Gasteiger partial charge in [-0.1, -0.05) is 48.5 Å². The quantitative estimate of drug-likeness (QED) is 0.359. The summed E-state index contributed by atoms with van der Waals surface area (Å²) in [4.78, 5) is 0. The molecule has 0 aliphatic carbocycles. The molecule has 0 aromatic heterocycles. The van der Waals surface area contributed by atoms with Gasteiger partial charge >= 0.3 is 0 Å². The molecule has 1 N–H and O–H groups in total. The van der Waals surface area contributed by atoms with E-state index in [0.29, 0.717) is 5.56 Å². The molecule has 27 heavy (non-hydrogen) atoms. The highest BCUT2D eigenvalue weighted by Crippen LogP contribution is 2.29. The van der Waals surface area contributed by atoms with Gasteiger partial charge in [-0.25, -0.2) is 4.39 Å². The zero-order valence-electron chi connectivity index (χ0n) is 15.7. The van der Waals surface area contributed by atoms with Crippen LogP contribution in [0.25, 0.3) is 22.3 Å². The summed E-state index contributed by atoms with van der Waals surface area (Å²) in [7, 11) is 1.87. The highest BCUT2D eigenvalue weighted by molar-refractivity contribution is 7.93. The molecule has 0 saturated carbocycles. The van der Waals surface area contributed by atoms with Crippen LogP contribution in [0.5, 0.6) is 0 Å². The molecular weight excluding hydrogens is 357 g/mol. The molecule has 140 valence electrons. The SMILES string of the molecule is CNc1ccc(-c2ccc(-c3ccc(CCCOSC)cc3)cc2F)cc1. The monoisotopic (exact) mass is 381 g/mol. The van der Waals surface area contributed by atoms with Gasteiger partial charge in [0.1, 0.15) is 5.82 Å². The Balaban J connectivity index is 1.72. The van der Waals surface area contributed by atoms with E-state index < -0.39 is 0 Å². The molecule has 0 spiro atoms. The molecule has 3 rings (SSSR count). The molecule has 0 bridgehead atoms. The molecule has 3 aromatic carbocycles. The van der Waals surface area contributed by atoms with Crippen molar-refractivity contribution in [2.75, 3.05) is 25.2 Å². The molecule has 0 fully saturated rings. The third-order valence-corrected chi connectivity index (χ3v) is 4.95. The fourth-order valence-electron chi connectivity index (χ4n) is 3.03. The van der Waals surface area contributed by atoms with E-state index in [2.05, 4.69) is 29.6 Å². The van der Waals surface area contributed by atoms with Crippen LogP contribution < -0.4 is 5.32 Å². The summed E-state index contributed by atoms with van der Waals surface area (Å²) in [5, 5.41) is 3.07. The van der Waals surface area contributed by atoms with Crippen LogP contribution >= 0.6 is 12.0 Å². The number of anilines is 1. The van der Waals surface area contributed by atoms with Crippen molar-refractivity contribution in [2.45, 2.75) is 12.8 Å². The van der Waals surface area contributed by atoms with Crippen molar-refractivity contribution in [3.05, 3.63) is 78.1 Å². The Morgan fingerprint density at radius 3 is 2.19 bits per heavy atom. The zero-order valence-corrected chi connectivity index (χ0v) is 16.5. The van der Waals surface area contributed by atoms with E-state index in [4.69, 9.17) is 4.18 Å². The lowest BCUT2D eigenvalue weighted by atomic mass is 9.98. The fourth-order valence-corrected chi connectivity index (χ4v) is 3.31. The van der Waals surface area contributed by atoms with E-state index in [1.807, 2.05) is 49.7 Å². The van der Waals surface area contributed by atoms with Gasteiger partial charge in [0.15, 0.2) is 0 Å². The van der Waals surface area contributed by atoms with Gasteiger partial charge in [-0.3, -0.25) is 0 Å². The summed E-state index contributed by atoms with van der Waals surface area (Å²) in [5.41, 5.74) is 5.68. The average molecular weight is 382 g/mol. The Kier molecular flexibility index (Phi) is 6.91. The molecule has 0 amide bonds. The largest absolute Gasteiger partial charge is 0.388 e. The van der Waals surface area contributed by atoms with Gasteiger partial charge in [0.25, 0.3) is 0 Å². The molecule has 0 aliphatic rings.